The molecule has 0 aliphatic rings. The summed E-state index contributed by atoms with van der Waals surface area (Å²) < 4.78 is 27.8. The van der Waals surface area contributed by atoms with Crippen molar-refractivity contribution in [2.24, 2.45) is 0 Å². The van der Waals surface area contributed by atoms with Gasteiger partial charge in [0.1, 0.15) is 11.6 Å². The summed E-state index contributed by atoms with van der Waals surface area (Å²) in [5, 5.41) is 0. The fraction of sp³-hybridized carbons (Fsp3) is 0.154. The quantitative estimate of drug-likeness (QED) is 0.786. The highest BCUT2D eigenvalue weighted by molar-refractivity contribution is 6.17. The third-order valence-corrected chi connectivity index (χ3v) is 2.87. The first kappa shape index (κ1) is 12.8. The molecule has 5 heteroatoms. The van der Waals surface area contributed by atoms with E-state index in [1.165, 1.54) is 6.07 Å². The summed E-state index contributed by atoms with van der Waals surface area (Å²) in [6, 6.07) is 6.72. The van der Waals surface area contributed by atoms with E-state index in [-0.39, 0.29) is 18.0 Å². The highest BCUT2D eigenvalue weighted by Gasteiger charge is 2.06. The van der Waals surface area contributed by atoms with Crippen LogP contribution < -0.4 is 5.56 Å². The van der Waals surface area contributed by atoms with Crippen molar-refractivity contribution in [2.45, 2.75) is 12.4 Å². The third kappa shape index (κ3) is 2.76. The maximum Gasteiger partial charge on any atom is 0.251 e. The maximum absolute atomic E-state index is 13.7. The second-order valence-electron chi connectivity index (χ2n) is 3.87. The Balaban J connectivity index is 2.34. The van der Waals surface area contributed by atoms with E-state index < -0.39 is 11.6 Å². The summed E-state index contributed by atoms with van der Waals surface area (Å²) in [7, 11) is 0. The molecule has 0 fully saturated rings. The molecule has 2 nitrogen and oxygen atoms in total. The molecule has 18 heavy (non-hydrogen) atoms. The smallest absolute Gasteiger partial charge is 0.251 e. The first-order valence-corrected chi connectivity index (χ1v) is 5.83. The van der Waals surface area contributed by atoms with E-state index in [4.69, 9.17) is 11.6 Å². The number of benzene rings is 1. The van der Waals surface area contributed by atoms with Crippen LogP contribution in [0.15, 0.2) is 41.3 Å². The molecule has 0 amide bonds. The summed E-state index contributed by atoms with van der Waals surface area (Å²) in [6.07, 6.45) is 1.05. The molecule has 0 saturated heterocycles. The van der Waals surface area contributed by atoms with Gasteiger partial charge in [0.2, 0.25) is 0 Å². The Hall–Kier alpha value is -1.68. The number of hydrogen-bond donors (Lipinski definition) is 0. The summed E-state index contributed by atoms with van der Waals surface area (Å²) >= 11 is 5.59. The van der Waals surface area contributed by atoms with Crippen molar-refractivity contribution in [1.29, 1.82) is 0 Å². The van der Waals surface area contributed by atoms with Gasteiger partial charge in [-0.1, -0.05) is 12.1 Å². The van der Waals surface area contributed by atoms with Crippen LogP contribution >= 0.6 is 11.6 Å². The Kier molecular flexibility index (Phi) is 3.77. The van der Waals surface area contributed by atoms with Gasteiger partial charge in [-0.15, -0.1) is 11.6 Å². The Bertz CT molecular complexity index is 625. The molecule has 2 rings (SSSR count). The molecule has 1 aromatic heterocycles. The van der Waals surface area contributed by atoms with Gasteiger partial charge in [0.05, 0.1) is 6.54 Å². The monoisotopic (exact) mass is 269 g/mol. The molecule has 0 atom stereocenters. The van der Waals surface area contributed by atoms with Crippen molar-refractivity contribution < 1.29 is 8.78 Å². The molecule has 0 radical (unpaired) electrons. The summed E-state index contributed by atoms with van der Waals surface area (Å²) in [6.45, 7) is -0.00894. The predicted octanol–water partition coefficient (Wildman–Crippen LogP) is 2.91. The molecule has 94 valence electrons. The van der Waals surface area contributed by atoms with Gasteiger partial charge in [-0.3, -0.25) is 4.79 Å². The number of pyridine rings is 1. The van der Waals surface area contributed by atoms with Crippen molar-refractivity contribution >= 4 is 11.6 Å². The molecule has 0 N–H and O–H groups in total. The van der Waals surface area contributed by atoms with E-state index >= 15 is 0 Å². The normalized spacial score (nSPS) is 10.6. The summed E-state index contributed by atoms with van der Waals surface area (Å²) in [5.74, 6) is -0.770. The number of nitrogens with zero attached hydrogens (tertiary/aromatic N) is 1. The highest BCUT2D eigenvalue weighted by Crippen LogP contribution is 2.13. The Morgan fingerprint density at radius 1 is 1.17 bits per heavy atom. The fourth-order valence-corrected chi connectivity index (χ4v) is 1.78. The van der Waals surface area contributed by atoms with Gasteiger partial charge in [0.15, 0.2) is 0 Å². The summed E-state index contributed by atoms with van der Waals surface area (Å²) in [4.78, 5) is 11.5. The highest BCUT2D eigenvalue weighted by atomic mass is 35.5. The van der Waals surface area contributed by atoms with Crippen molar-refractivity contribution in [3.63, 3.8) is 0 Å². The molecule has 2 aromatic rings. The van der Waals surface area contributed by atoms with Gasteiger partial charge in [0, 0.05) is 23.7 Å². The average Bonchev–Trinajstić information content (AvgIpc) is 2.36. The van der Waals surface area contributed by atoms with E-state index in [1.807, 2.05) is 0 Å². The zero-order chi connectivity index (χ0) is 13.1. The number of halogens is 3. The van der Waals surface area contributed by atoms with E-state index in [0.29, 0.717) is 11.1 Å². The Morgan fingerprint density at radius 3 is 2.61 bits per heavy atom. The molecule has 1 heterocycles. The Morgan fingerprint density at radius 2 is 1.94 bits per heavy atom. The van der Waals surface area contributed by atoms with Crippen molar-refractivity contribution in [3.05, 3.63) is 69.6 Å². The van der Waals surface area contributed by atoms with Crippen LogP contribution in [0.25, 0.3) is 0 Å². The minimum absolute atomic E-state index is 0.00894. The van der Waals surface area contributed by atoms with E-state index in [0.717, 1.165) is 22.9 Å². The van der Waals surface area contributed by atoms with Crippen molar-refractivity contribution in [2.75, 3.05) is 0 Å². The van der Waals surface area contributed by atoms with Gasteiger partial charge < -0.3 is 4.57 Å². The van der Waals surface area contributed by atoms with Crippen LogP contribution in [0.3, 0.4) is 0 Å². The minimum Gasteiger partial charge on any atom is -0.308 e. The number of alkyl halides is 1. The number of hydrogen-bond acceptors (Lipinski definition) is 1. The molecule has 1 aromatic carbocycles. The van der Waals surface area contributed by atoms with Gasteiger partial charge >= 0.3 is 0 Å². The molecule has 0 unspecified atom stereocenters. The van der Waals surface area contributed by atoms with Crippen molar-refractivity contribution in [1.82, 2.24) is 4.57 Å². The van der Waals surface area contributed by atoms with Crippen LogP contribution in [-0.2, 0) is 12.4 Å². The molecule has 0 aliphatic carbocycles. The van der Waals surface area contributed by atoms with Crippen LogP contribution in [0.5, 0.6) is 0 Å². The van der Waals surface area contributed by atoms with E-state index in [9.17, 15) is 13.6 Å². The molecule has 0 spiro atoms. The topological polar surface area (TPSA) is 22.0 Å². The lowest BCUT2D eigenvalue weighted by Crippen LogP contribution is -2.20. The number of rotatable bonds is 3. The van der Waals surface area contributed by atoms with Gasteiger partial charge in [-0.2, -0.15) is 0 Å². The van der Waals surface area contributed by atoms with Crippen molar-refractivity contribution in [3.8, 4) is 0 Å². The SMILES string of the molecule is O=c1ccc(F)cn1Cc1ccc(CCl)cc1F. The zero-order valence-corrected chi connectivity index (χ0v) is 10.1. The Labute approximate surface area is 107 Å². The van der Waals surface area contributed by atoms with Crippen LogP contribution in [0, 0.1) is 11.6 Å². The number of aromatic nitrogens is 1. The van der Waals surface area contributed by atoms with Crippen LogP contribution in [0.1, 0.15) is 11.1 Å². The van der Waals surface area contributed by atoms with Crippen LogP contribution in [0.4, 0.5) is 8.78 Å². The van der Waals surface area contributed by atoms with E-state index in [1.54, 1.807) is 12.1 Å². The fourth-order valence-electron chi connectivity index (χ4n) is 1.61. The molecular weight excluding hydrogens is 260 g/mol. The zero-order valence-electron chi connectivity index (χ0n) is 9.37. The predicted molar refractivity (Wildman–Crippen MR) is 65.7 cm³/mol. The summed E-state index contributed by atoms with van der Waals surface area (Å²) in [5.41, 5.74) is 0.596. The second-order valence-corrected chi connectivity index (χ2v) is 4.14. The molecule has 0 aliphatic heterocycles. The van der Waals surface area contributed by atoms with Gasteiger partial charge in [0.25, 0.3) is 5.56 Å². The lowest BCUT2D eigenvalue weighted by molar-refractivity contribution is 0.574. The molecular formula is C13H10ClF2NO. The molecule has 0 bridgehead atoms. The van der Waals surface area contributed by atoms with E-state index in [2.05, 4.69) is 0 Å². The maximum atomic E-state index is 13.7. The van der Waals surface area contributed by atoms with Crippen LogP contribution in [-0.4, -0.2) is 4.57 Å². The lowest BCUT2D eigenvalue weighted by atomic mass is 10.1. The first-order chi connectivity index (χ1) is 8.60. The standard InChI is InChI=1S/C13H10ClF2NO/c14-6-9-1-2-10(12(16)5-9)7-17-8-11(15)3-4-13(17)18/h1-5,8H,6-7H2. The molecule has 0 saturated carbocycles. The third-order valence-electron chi connectivity index (χ3n) is 2.56. The van der Waals surface area contributed by atoms with Gasteiger partial charge in [-0.05, 0) is 17.7 Å². The van der Waals surface area contributed by atoms with Crippen LogP contribution in [0.2, 0.25) is 0 Å². The minimum atomic E-state index is -0.535. The largest absolute Gasteiger partial charge is 0.308 e. The first-order valence-electron chi connectivity index (χ1n) is 5.29. The van der Waals surface area contributed by atoms with Gasteiger partial charge in [-0.25, -0.2) is 8.78 Å². The lowest BCUT2D eigenvalue weighted by Gasteiger charge is -2.07. The average molecular weight is 270 g/mol. The second kappa shape index (κ2) is 5.31.